The third-order valence-corrected chi connectivity index (χ3v) is 4.50. The second kappa shape index (κ2) is 6.82. The minimum Gasteiger partial charge on any atom is -0.390 e. The van der Waals surface area contributed by atoms with Crippen LogP contribution in [0.3, 0.4) is 0 Å². The van der Waals surface area contributed by atoms with Crippen molar-refractivity contribution in [1.82, 2.24) is 4.98 Å². The zero-order valence-electron chi connectivity index (χ0n) is 12.7. The fraction of sp³-hybridized carbons (Fsp3) is 0.800. The molecule has 0 aliphatic heterocycles. The molecule has 0 fully saturated rings. The monoisotopic (exact) mass is 285 g/mol. The van der Waals surface area contributed by atoms with Gasteiger partial charge in [0.2, 0.25) is 0 Å². The standard InChI is InChI=1S/C15H27NO2S/c1-6-10(7-2)14(18)11(17)8-13-16-12(9-19-13)15(3,4)5/h9-11,14,17-18H,6-8H2,1-5H3. The molecule has 0 saturated carbocycles. The molecule has 2 atom stereocenters. The van der Waals surface area contributed by atoms with Crippen molar-refractivity contribution >= 4 is 11.3 Å². The van der Waals surface area contributed by atoms with Crippen molar-refractivity contribution in [3.05, 3.63) is 16.1 Å². The van der Waals surface area contributed by atoms with Gasteiger partial charge in [0.05, 0.1) is 22.9 Å². The Morgan fingerprint density at radius 1 is 1.21 bits per heavy atom. The van der Waals surface area contributed by atoms with Gasteiger partial charge in [-0.3, -0.25) is 0 Å². The summed E-state index contributed by atoms with van der Waals surface area (Å²) in [5.74, 6) is 0.164. The van der Waals surface area contributed by atoms with Crippen LogP contribution in [0.4, 0.5) is 0 Å². The van der Waals surface area contributed by atoms with Gasteiger partial charge in [-0.2, -0.15) is 0 Å². The maximum atomic E-state index is 10.1. The highest BCUT2D eigenvalue weighted by atomic mass is 32.1. The average molecular weight is 285 g/mol. The number of hydrogen-bond donors (Lipinski definition) is 2. The molecule has 0 aromatic carbocycles. The smallest absolute Gasteiger partial charge is 0.0955 e. The zero-order chi connectivity index (χ0) is 14.6. The van der Waals surface area contributed by atoms with E-state index in [0.29, 0.717) is 6.42 Å². The van der Waals surface area contributed by atoms with Crippen molar-refractivity contribution < 1.29 is 10.2 Å². The van der Waals surface area contributed by atoms with Gasteiger partial charge in [0.1, 0.15) is 0 Å². The molecule has 1 rings (SSSR count). The van der Waals surface area contributed by atoms with E-state index in [0.717, 1.165) is 23.5 Å². The Morgan fingerprint density at radius 2 is 1.79 bits per heavy atom. The van der Waals surface area contributed by atoms with Gasteiger partial charge in [0.25, 0.3) is 0 Å². The number of hydrogen-bond acceptors (Lipinski definition) is 4. The lowest BCUT2D eigenvalue weighted by molar-refractivity contribution is -0.0188. The first-order chi connectivity index (χ1) is 8.79. The van der Waals surface area contributed by atoms with E-state index in [1.807, 2.05) is 19.2 Å². The number of aliphatic hydroxyl groups is 2. The van der Waals surface area contributed by atoms with Crippen LogP contribution < -0.4 is 0 Å². The number of thiazole rings is 1. The van der Waals surface area contributed by atoms with Gasteiger partial charge < -0.3 is 10.2 Å². The molecule has 4 heteroatoms. The maximum Gasteiger partial charge on any atom is 0.0955 e. The molecule has 2 unspecified atom stereocenters. The normalized spacial score (nSPS) is 15.8. The minimum absolute atomic E-state index is 0.0354. The van der Waals surface area contributed by atoms with E-state index in [4.69, 9.17) is 0 Å². The Bertz CT molecular complexity index is 380. The van der Waals surface area contributed by atoms with Gasteiger partial charge in [-0.05, 0) is 5.92 Å². The Kier molecular flexibility index (Phi) is 5.96. The Balaban J connectivity index is 2.66. The van der Waals surface area contributed by atoms with Crippen LogP contribution in [-0.4, -0.2) is 27.4 Å². The highest BCUT2D eigenvalue weighted by Gasteiger charge is 2.25. The lowest BCUT2D eigenvalue weighted by Crippen LogP contribution is -2.34. The first-order valence-corrected chi connectivity index (χ1v) is 7.98. The largest absolute Gasteiger partial charge is 0.390 e. The van der Waals surface area contributed by atoms with E-state index in [2.05, 4.69) is 25.8 Å². The molecule has 0 amide bonds. The molecule has 0 radical (unpaired) electrons. The van der Waals surface area contributed by atoms with Gasteiger partial charge in [0, 0.05) is 17.2 Å². The van der Waals surface area contributed by atoms with Gasteiger partial charge in [-0.25, -0.2) is 4.98 Å². The topological polar surface area (TPSA) is 53.4 Å². The highest BCUT2D eigenvalue weighted by molar-refractivity contribution is 7.09. The van der Waals surface area contributed by atoms with E-state index >= 15 is 0 Å². The molecule has 0 spiro atoms. The molecule has 3 nitrogen and oxygen atoms in total. The summed E-state index contributed by atoms with van der Waals surface area (Å²) in [5, 5.41) is 23.2. The summed E-state index contributed by atoms with van der Waals surface area (Å²) >= 11 is 1.57. The van der Waals surface area contributed by atoms with E-state index in [-0.39, 0.29) is 11.3 Å². The molecular formula is C15H27NO2S. The van der Waals surface area contributed by atoms with Crippen molar-refractivity contribution in [2.75, 3.05) is 0 Å². The average Bonchev–Trinajstić information content (AvgIpc) is 2.78. The molecule has 0 saturated heterocycles. The van der Waals surface area contributed by atoms with Crippen molar-refractivity contribution in [2.45, 2.75) is 71.5 Å². The summed E-state index contributed by atoms with van der Waals surface area (Å²) in [6, 6.07) is 0. The summed E-state index contributed by atoms with van der Waals surface area (Å²) in [5.41, 5.74) is 1.09. The van der Waals surface area contributed by atoms with Crippen LogP contribution >= 0.6 is 11.3 Å². The van der Waals surface area contributed by atoms with Gasteiger partial charge >= 0.3 is 0 Å². The van der Waals surface area contributed by atoms with Crippen molar-refractivity contribution in [3.63, 3.8) is 0 Å². The predicted molar refractivity (Wildman–Crippen MR) is 80.6 cm³/mol. The van der Waals surface area contributed by atoms with Crippen LogP contribution in [0.5, 0.6) is 0 Å². The first-order valence-electron chi connectivity index (χ1n) is 7.10. The van der Waals surface area contributed by atoms with Crippen LogP contribution in [0.15, 0.2) is 5.38 Å². The Hall–Kier alpha value is -0.450. The Morgan fingerprint density at radius 3 is 2.21 bits per heavy atom. The van der Waals surface area contributed by atoms with Crippen LogP contribution in [0, 0.1) is 5.92 Å². The van der Waals surface area contributed by atoms with Crippen LogP contribution in [0.25, 0.3) is 0 Å². The SMILES string of the molecule is CCC(CC)C(O)C(O)Cc1nc(C(C)(C)C)cs1. The number of aliphatic hydroxyl groups excluding tert-OH is 2. The zero-order valence-corrected chi connectivity index (χ0v) is 13.5. The highest BCUT2D eigenvalue weighted by Crippen LogP contribution is 2.25. The van der Waals surface area contributed by atoms with E-state index < -0.39 is 12.2 Å². The summed E-state index contributed by atoms with van der Waals surface area (Å²) in [6.07, 6.45) is 0.846. The molecule has 0 bridgehead atoms. The second-order valence-corrected chi connectivity index (χ2v) is 7.16. The summed E-state index contributed by atoms with van der Waals surface area (Å²) in [6.45, 7) is 10.5. The van der Waals surface area contributed by atoms with Crippen LogP contribution in [0.1, 0.15) is 58.2 Å². The fourth-order valence-electron chi connectivity index (χ4n) is 2.13. The summed E-state index contributed by atoms with van der Waals surface area (Å²) in [4.78, 5) is 4.56. The lowest BCUT2D eigenvalue weighted by Gasteiger charge is -2.24. The quantitative estimate of drug-likeness (QED) is 0.844. The third-order valence-electron chi connectivity index (χ3n) is 3.63. The number of nitrogens with zero attached hydrogens (tertiary/aromatic N) is 1. The van der Waals surface area contributed by atoms with Crippen molar-refractivity contribution in [1.29, 1.82) is 0 Å². The van der Waals surface area contributed by atoms with Gasteiger partial charge in [0.15, 0.2) is 0 Å². The molecule has 110 valence electrons. The van der Waals surface area contributed by atoms with E-state index in [9.17, 15) is 10.2 Å². The molecule has 1 heterocycles. The molecule has 1 aromatic rings. The van der Waals surface area contributed by atoms with Gasteiger partial charge in [-0.1, -0.05) is 47.5 Å². The second-order valence-electron chi connectivity index (χ2n) is 6.22. The number of aromatic nitrogens is 1. The molecular weight excluding hydrogens is 258 g/mol. The lowest BCUT2D eigenvalue weighted by atomic mass is 9.91. The first kappa shape index (κ1) is 16.6. The molecule has 0 aliphatic carbocycles. The summed E-state index contributed by atoms with van der Waals surface area (Å²) in [7, 11) is 0. The molecule has 0 aliphatic rings. The molecule has 19 heavy (non-hydrogen) atoms. The predicted octanol–water partition coefficient (Wildman–Crippen LogP) is 3.14. The van der Waals surface area contributed by atoms with Crippen LogP contribution in [-0.2, 0) is 11.8 Å². The third kappa shape index (κ3) is 4.55. The van der Waals surface area contributed by atoms with E-state index in [1.54, 1.807) is 11.3 Å². The van der Waals surface area contributed by atoms with Crippen molar-refractivity contribution in [2.24, 2.45) is 5.92 Å². The summed E-state index contributed by atoms with van der Waals surface area (Å²) < 4.78 is 0. The van der Waals surface area contributed by atoms with Gasteiger partial charge in [-0.15, -0.1) is 11.3 Å². The Labute approximate surface area is 120 Å². The molecule has 2 N–H and O–H groups in total. The van der Waals surface area contributed by atoms with Crippen molar-refractivity contribution in [3.8, 4) is 0 Å². The van der Waals surface area contributed by atoms with E-state index in [1.165, 1.54) is 0 Å². The van der Waals surface area contributed by atoms with Crippen LogP contribution in [0.2, 0.25) is 0 Å². The molecule has 1 aromatic heterocycles. The minimum atomic E-state index is -0.719. The fourth-order valence-corrected chi connectivity index (χ4v) is 3.21. The number of rotatable bonds is 6. The maximum absolute atomic E-state index is 10.1.